The molecular weight excluding hydrogens is 638 g/mol. The van der Waals surface area contributed by atoms with Gasteiger partial charge in [0, 0.05) is 40.3 Å². The molecule has 0 aliphatic heterocycles. The molecule has 0 bridgehead atoms. The van der Waals surface area contributed by atoms with Gasteiger partial charge in [-0.05, 0) is 130 Å². The first-order valence-electron chi connectivity index (χ1n) is 9.38. The van der Waals surface area contributed by atoms with Crippen molar-refractivity contribution in [1.29, 1.82) is 0 Å². The maximum atomic E-state index is 13.5. The summed E-state index contributed by atoms with van der Waals surface area (Å²) in [5.74, 6) is 0. The summed E-state index contributed by atoms with van der Waals surface area (Å²) in [6.45, 7) is 2.08. The molecule has 0 aliphatic carbocycles. The van der Waals surface area contributed by atoms with Gasteiger partial charge >= 0.3 is 0 Å². The Labute approximate surface area is 210 Å². The van der Waals surface area contributed by atoms with Crippen molar-refractivity contribution in [2.45, 2.75) is 32.9 Å². The van der Waals surface area contributed by atoms with E-state index in [4.69, 9.17) is 0 Å². The Hall–Kier alpha value is -0.780. The minimum Gasteiger partial charge on any atom is -0.606 e. The van der Waals surface area contributed by atoms with E-state index in [1.54, 1.807) is 0 Å². The molecule has 0 N–H and O–H groups in total. The zero-order chi connectivity index (χ0) is 21.3. The Morgan fingerprint density at radius 1 is 0.667 bits per heavy atom. The van der Waals surface area contributed by atoms with Crippen LogP contribution in [0.15, 0.2) is 98.4 Å². The largest absolute Gasteiger partial charge is 0.606 e. The molecule has 0 radical (unpaired) electrons. The zero-order valence-electron chi connectivity index (χ0n) is 16.1. The summed E-state index contributed by atoms with van der Waals surface area (Å²) >= 11 is 1.86. The third-order valence-electron chi connectivity index (χ3n) is 4.84. The quantitative estimate of drug-likeness (QED) is 0.173. The first-order chi connectivity index (χ1) is 14.5. The van der Waals surface area contributed by atoms with Crippen molar-refractivity contribution in [2.75, 3.05) is 0 Å². The van der Waals surface area contributed by atoms with E-state index in [1.807, 2.05) is 72.8 Å². The van der Waals surface area contributed by atoms with Gasteiger partial charge in [-0.15, -0.1) is 0 Å². The summed E-state index contributed by atoms with van der Waals surface area (Å²) in [6.07, 6.45) is 0.817. The lowest BCUT2D eigenvalue weighted by Crippen LogP contribution is -2.07. The predicted molar refractivity (Wildman–Crippen MR) is 141 cm³/mol. The van der Waals surface area contributed by atoms with Gasteiger partial charge in [0.1, 0.15) is 0 Å². The average molecular weight is 656 g/mol. The molecule has 2 atom stereocenters. The lowest BCUT2D eigenvalue weighted by molar-refractivity contribution is 0.594. The Morgan fingerprint density at radius 2 is 1.20 bits per heavy atom. The van der Waals surface area contributed by atoms with Crippen molar-refractivity contribution in [3.8, 4) is 0 Å². The second-order valence-corrected chi connectivity index (χ2v) is 12.1. The Bertz CT molecular complexity index is 1180. The second-order valence-electron chi connectivity index (χ2n) is 6.74. The molecule has 0 amide bonds. The lowest BCUT2D eigenvalue weighted by Gasteiger charge is -2.17. The van der Waals surface area contributed by atoms with Gasteiger partial charge in [-0.1, -0.05) is 13.0 Å². The van der Waals surface area contributed by atoms with Crippen LogP contribution in [0.3, 0.4) is 0 Å². The fraction of sp³-hybridized carbons (Fsp3) is 0.0833. The molecule has 0 aliphatic rings. The second kappa shape index (κ2) is 9.79. The number of fused-ring (bicyclic) bond motifs is 1. The standard InChI is InChI=1S/C24H18I2O2S2/c1-2-16-14-22-21(24(15-16)30(28)20-12-8-18(26)9-13-20)4-3-5-23(22)29(27)19-10-6-17(25)7-11-19/h3-15H,2H2,1H3. The normalized spacial score (nSPS) is 13.4. The molecule has 4 aromatic carbocycles. The Balaban J connectivity index is 1.87. The molecule has 0 saturated carbocycles. The van der Waals surface area contributed by atoms with E-state index in [2.05, 4.69) is 58.2 Å². The molecule has 2 unspecified atom stereocenters. The predicted octanol–water partition coefficient (Wildman–Crippen LogP) is 6.94. The summed E-state index contributed by atoms with van der Waals surface area (Å²) in [6, 6.07) is 25.4. The van der Waals surface area contributed by atoms with Gasteiger partial charge in [0.25, 0.3) is 0 Å². The van der Waals surface area contributed by atoms with Gasteiger partial charge in [0.15, 0.2) is 19.6 Å². The zero-order valence-corrected chi connectivity index (χ0v) is 22.0. The molecule has 0 spiro atoms. The van der Waals surface area contributed by atoms with Crippen LogP contribution in [0.5, 0.6) is 0 Å². The third-order valence-corrected chi connectivity index (χ3v) is 9.17. The molecule has 152 valence electrons. The van der Waals surface area contributed by atoms with E-state index in [1.165, 1.54) is 0 Å². The molecule has 0 saturated heterocycles. The van der Waals surface area contributed by atoms with Gasteiger partial charge in [-0.25, -0.2) is 0 Å². The molecule has 6 heteroatoms. The van der Waals surface area contributed by atoms with Crippen molar-refractivity contribution in [3.63, 3.8) is 0 Å². The lowest BCUT2D eigenvalue weighted by atomic mass is 10.1. The van der Waals surface area contributed by atoms with Gasteiger partial charge in [0.2, 0.25) is 0 Å². The van der Waals surface area contributed by atoms with E-state index in [0.717, 1.165) is 49.5 Å². The maximum Gasteiger partial charge on any atom is 0.166 e. The highest BCUT2D eigenvalue weighted by Crippen LogP contribution is 2.35. The van der Waals surface area contributed by atoms with Gasteiger partial charge in [0.05, 0.1) is 0 Å². The van der Waals surface area contributed by atoms with Crippen molar-refractivity contribution in [2.24, 2.45) is 0 Å². The highest BCUT2D eigenvalue weighted by atomic mass is 127. The summed E-state index contributed by atoms with van der Waals surface area (Å²) < 4.78 is 29.1. The van der Waals surface area contributed by atoms with Crippen LogP contribution in [-0.2, 0) is 28.8 Å². The fourth-order valence-corrected chi connectivity index (χ4v) is 6.47. The number of hydrogen-bond acceptors (Lipinski definition) is 2. The molecule has 30 heavy (non-hydrogen) atoms. The SMILES string of the molecule is CCc1cc([S+]([O-])c2ccc(I)cc2)c2cccc([S+]([O-])c3ccc(I)cc3)c2c1. The van der Waals surface area contributed by atoms with Crippen LogP contribution in [0.1, 0.15) is 12.5 Å². The molecule has 4 rings (SSSR count). The molecule has 0 fully saturated rings. The maximum absolute atomic E-state index is 13.5. The van der Waals surface area contributed by atoms with E-state index >= 15 is 0 Å². The highest BCUT2D eigenvalue weighted by molar-refractivity contribution is 14.1. The van der Waals surface area contributed by atoms with Crippen LogP contribution >= 0.6 is 45.2 Å². The van der Waals surface area contributed by atoms with Gasteiger partial charge in [-0.2, -0.15) is 0 Å². The topological polar surface area (TPSA) is 46.1 Å². The Morgan fingerprint density at radius 3 is 1.73 bits per heavy atom. The number of aryl methyl sites for hydroxylation is 1. The molecular formula is C24H18I2O2S2. The summed E-state index contributed by atoms with van der Waals surface area (Å²) in [5.41, 5.74) is 1.09. The van der Waals surface area contributed by atoms with Crippen LogP contribution in [0.4, 0.5) is 0 Å². The minimum absolute atomic E-state index is 0.755. The van der Waals surface area contributed by atoms with Crippen molar-refractivity contribution >= 4 is 78.3 Å². The van der Waals surface area contributed by atoms with Crippen LogP contribution in [0.2, 0.25) is 0 Å². The van der Waals surface area contributed by atoms with Crippen LogP contribution < -0.4 is 0 Å². The minimum atomic E-state index is -1.31. The monoisotopic (exact) mass is 656 g/mol. The van der Waals surface area contributed by atoms with Crippen LogP contribution in [-0.4, -0.2) is 9.11 Å². The van der Waals surface area contributed by atoms with Crippen molar-refractivity contribution < 1.29 is 9.11 Å². The molecule has 4 aromatic rings. The van der Waals surface area contributed by atoms with Gasteiger partial charge in [-0.3, -0.25) is 0 Å². The van der Waals surface area contributed by atoms with Crippen LogP contribution in [0, 0.1) is 7.14 Å². The smallest absolute Gasteiger partial charge is 0.166 e. The third kappa shape index (κ3) is 4.68. The van der Waals surface area contributed by atoms with E-state index in [-0.39, 0.29) is 0 Å². The first-order valence-corrected chi connectivity index (χ1v) is 13.8. The van der Waals surface area contributed by atoms with E-state index in [0.29, 0.717) is 0 Å². The van der Waals surface area contributed by atoms with E-state index < -0.39 is 22.4 Å². The first kappa shape index (κ1) is 22.4. The van der Waals surface area contributed by atoms with Crippen molar-refractivity contribution in [1.82, 2.24) is 0 Å². The highest BCUT2D eigenvalue weighted by Gasteiger charge is 2.24. The summed E-state index contributed by atoms with van der Waals surface area (Å²) in [4.78, 5) is 3.07. The number of benzene rings is 4. The molecule has 2 nitrogen and oxygen atoms in total. The summed E-state index contributed by atoms with van der Waals surface area (Å²) in [5, 5.41) is 1.79. The summed E-state index contributed by atoms with van der Waals surface area (Å²) in [7, 11) is 0. The van der Waals surface area contributed by atoms with Crippen LogP contribution in [0.25, 0.3) is 10.8 Å². The fourth-order valence-electron chi connectivity index (χ4n) is 3.27. The molecule has 0 aromatic heterocycles. The van der Waals surface area contributed by atoms with Crippen molar-refractivity contribution in [3.05, 3.63) is 91.6 Å². The Kier molecular flexibility index (Phi) is 7.31. The molecule has 0 heterocycles. The van der Waals surface area contributed by atoms with E-state index in [9.17, 15) is 9.11 Å². The number of halogens is 2. The number of rotatable bonds is 5. The average Bonchev–Trinajstić information content (AvgIpc) is 2.78. The van der Waals surface area contributed by atoms with Gasteiger partial charge < -0.3 is 9.11 Å². The number of hydrogen-bond donors (Lipinski definition) is 0.